The van der Waals surface area contributed by atoms with Gasteiger partial charge < -0.3 is 20.1 Å². The average molecular weight is 242 g/mol. The Morgan fingerprint density at radius 1 is 1.47 bits per heavy atom. The van der Waals surface area contributed by atoms with Gasteiger partial charge in [-0.05, 0) is 6.92 Å². The van der Waals surface area contributed by atoms with Crippen LogP contribution in [0.3, 0.4) is 0 Å². The molecule has 1 fully saturated rings. The fraction of sp³-hybridized carbons (Fsp3) is 0.636. The quantitative estimate of drug-likeness (QED) is 0.633. The number of morpholine rings is 1. The lowest BCUT2D eigenvalue weighted by Gasteiger charge is -2.29. The Labute approximate surface area is 100 Å². The molecule has 0 bridgehead atoms. The Balaban J connectivity index is 2.35. The van der Waals surface area contributed by atoms with Crippen LogP contribution < -0.4 is 5.32 Å². The molecule has 1 rings (SSSR count). The van der Waals surface area contributed by atoms with Gasteiger partial charge >= 0.3 is 5.97 Å². The number of rotatable bonds is 5. The minimum absolute atomic E-state index is 0.0357. The summed E-state index contributed by atoms with van der Waals surface area (Å²) in [6.07, 6.45) is 0. The van der Waals surface area contributed by atoms with E-state index in [0.717, 1.165) is 0 Å². The third-order valence-electron chi connectivity index (χ3n) is 2.62. The lowest BCUT2D eigenvalue weighted by molar-refractivity contribution is -0.137. The van der Waals surface area contributed by atoms with E-state index in [1.54, 1.807) is 11.8 Å². The van der Waals surface area contributed by atoms with Gasteiger partial charge in [0.2, 0.25) is 5.91 Å². The zero-order valence-corrected chi connectivity index (χ0v) is 9.94. The van der Waals surface area contributed by atoms with E-state index in [1.807, 2.05) is 0 Å². The highest BCUT2D eigenvalue weighted by Crippen LogP contribution is 2.01. The monoisotopic (exact) mass is 242 g/mol. The molecule has 6 heteroatoms. The van der Waals surface area contributed by atoms with Crippen LogP contribution in [-0.4, -0.2) is 60.8 Å². The summed E-state index contributed by atoms with van der Waals surface area (Å²) in [7, 11) is 0. The van der Waals surface area contributed by atoms with Gasteiger partial charge in [0.1, 0.15) is 0 Å². The van der Waals surface area contributed by atoms with Crippen LogP contribution in [0.4, 0.5) is 0 Å². The maximum Gasteiger partial charge on any atom is 0.332 e. The number of nitrogens with one attached hydrogen (secondary N) is 1. The summed E-state index contributed by atoms with van der Waals surface area (Å²) in [4.78, 5) is 24.2. The molecule has 1 unspecified atom stereocenters. The highest BCUT2D eigenvalue weighted by Gasteiger charge is 2.22. The van der Waals surface area contributed by atoms with Gasteiger partial charge in [0.25, 0.3) is 0 Å². The van der Waals surface area contributed by atoms with Crippen LogP contribution in [0.1, 0.15) is 6.92 Å². The molecule has 0 aromatic heterocycles. The van der Waals surface area contributed by atoms with Gasteiger partial charge in [-0.2, -0.15) is 0 Å². The summed E-state index contributed by atoms with van der Waals surface area (Å²) in [5.41, 5.74) is 0.0478. The van der Waals surface area contributed by atoms with Crippen molar-refractivity contribution in [1.29, 1.82) is 0 Å². The van der Waals surface area contributed by atoms with E-state index in [2.05, 4.69) is 11.9 Å². The molecule has 1 aliphatic rings. The van der Waals surface area contributed by atoms with Crippen molar-refractivity contribution in [3.05, 3.63) is 12.2 Å². The number of carboxylic acids is 1. The van der Waals surface area contributed by atoms with Crippen LogP contribution in [0.25, 0.3) is 0 Å². The summed E-state index contributed by atoms with van der Waals surface area (Å²) in [5, 5.41) is 11.5. The van der Waals surface area contributed by atoms with Crippen molar-refractivity contribution in [2.75, 3.05) is 32.8 Å². The smallest absolute Gasteiger partial charge is 0.332 e. The second-order valence-corrected chi connectivity index (χ2v) is 3.95. The normalized spacial score (nSPS) is 17.6. The second-order valence-electron chi connectivity index (χ2n) is 3.95. The third kappa shape index (κ3) is 4.16. The van der Waals surface area contributed by atoms with Gasteiger partial charge in [-0.1, -0.05) is 6.58 Å². The molecule has 0 aliphatic carbocycles. The molecular weight excluding hydrogens is 224 g/mol. The Morgan fingerprint density at radius 3 is 2.59 bits per heavy atom. The van der Waals surface area contributed by atoms with E-state index >= 15 is 0 Å². The number of nitrogens with zero attached hydrogens (tertiary/aromatic N) is 1. The first-order valence-electron chi connectivity index (χ1n) is 5.53. The number of carboxylic acid groups (broad SMARTS) is 1. The number of ether oxygens (including phenoxy) is 1. The van der Waals surface area contributed by atoms with Crippen molar-refractivity contribution < 1.29 is 19.4 Å². The van der Waals surface area contributed by atoms with E-state index < -0.39 is 12.0 Å². The zero-order valence-electron chi connectivity index (χ0n) is 9.94. The second kappa shape index (κ2) is 6.36. The molecule has 1 heterocycles. The van der Waals surface area contributed by atoms with E-state index in [0.29, 0.717) is 26.3 Å². The molecule has 1 saturated heterocycles. The van der Waals surface area contributed by atoms with Crippen molar-refractivity contribution in [1.82, 2.24) is 10.2 Å². The first kappa shape index (κ1) is 13.7. The van der Waals surface area contributed by atoms with Gasteiger partial charge in [0, 0.05) is 25.2 Å². The van der Waals surface area contributed by atoms with E-state index in [-0.39, 0.29) is 18.0 Å². The van der Waals surface area contributed by atoms with E-state index in [1.165, 1.54) is 0 Å². The Morgan fingerprint density at radius 2 is 2.06 bits per heavy atom. The van der Waals surface area contributed by atoms with Crippen LogP contribution in [0, 0.1) is 0 Å². The summed E-state index contributed by atoms with van der Waals surface area (Å²) in [5.74, 6) is -1.09. The first-order chi connectivity index (χ1) is 8.02. The average Bonchev–Trinajstić information content (AvgIpc) is 2.35. The molecule has 1 amide bonds. The van der Waals surface area contributed by atoms with E-state index in [9.17, 15) is 9.59 Å². The predicted molar refractivity (Wildman–Crippen MR) is 61.6 cm³/mol. The molecule has 17 heavy (non-hydrogen) atoms. The topological polar surface area (TPSA) is 78.9 Å². The van der Waals surface area contributed by atoms with Crippen molar-refractivity contribution in [2.45, 2.75) is 13.0 Å². The number of hydrogen-bond donors (Lipinski definition) is 2. The van der Waals surface area contributed by atoms with Crippen molar-refractivity contribution in [2.24, 2.45) is 0 Å². The molecule has 0 saturated carbocycles. The molecule has 0 aromatic rings. The number of amides is 1. The molecule has 0 spiro atoms. The number of carbonyl (C=O) groups excluding carboxylic acids is 1. The fourth-order valence-corrected chi connectivity index (χ4v) is 1.50. The maximum absolute atomic E-state index is 11.9. The molecule has 1 atom stereocenters. The Kier molecular flexibility index (Phi) is 5.11. The van der Waals surface area contributed by atoms with Crippen LogP contribution in [0.15, 0.2) is 12.2 Å². The van der Waals surface area contributed by atoms with Crippen LogP contribution in [0.5, 0.6) is 0 Å². The highest BCUT2D eigenvalue weighted by molar-refractivity contribution is 5.86. The molecular formula is C11H18N2O4. The van der Waals surface area contributed by atoms with Crippen LogP contribution >= 0.6 is 0 Å². The summed E-state index contributed by atoms with van der Waals surface area (Å²) in [6, 6.07) is -0.413. The number of hydrogen-bond acceptors (Lipinski definition) is 4. The molecule has 2 N–H and O–H groups in total. The van der Waals surface area contributed by atoms with Crippen molar-refractivity contribution in [3.63, 3.8) is 0 Å². The predicted octanol–water partition coefficient (Wildman–Crippen LogP) is -0.536. The molecule has 0 aromatic carbocycles. The minimum Gasteiger partial charge on any atom is -0.478 e. The van der Waals surface area contributed by atoms with Crippen LogP contribution in [-0.2, 0) is 14.3 Å². The van der Waals surface area contributed by atoms with Gasteiger partial charge in [0.05, 0.1) is 19.3 Å². The molecule has 6 nitrogen and oxygen atoms in total. The van der Waals surface area contributed by atoms with Gasteiger partial charge in [-0.25, -0.2) is 4.79 Å². The SMILES string of the molecule is C=C(CNC(C)C(=O)N1CCOCC1)C(=O)O. The third-order valence-corrected chi connectivity index (χ3v) is 2.62. The Hall–Kier alpha value is -1.40. The van der Waals surface area contributed by atoms with Crippen molar-refractivity contribution in [3.8, 4) is 0 Å². The minimum atomic E-state index is -1.05. The summed E-state index contributed by atoms with van der Waals surface area (Å²) < 4.78 is 5.15. The molecule has 96 valence electrons. The van der Waals surface area contributed by atoms with E-state index in [4.69, 9.17) is 9.84 Å². The lowest BCUT2D eigenvalue weighted by Crippen LogP contribution is -2.49. The largest absolute Gasteiger partial charge is 0.478 e. The van der Waals surface area contributed by atoms with Crippen molar-refractivity contribution >= 4 is 11.9 Å². The summed E-state index contributed by atoms with van der Waals surface area (Å²) in [6.45, 7) is 7.50. The number of aliphatic carboxylic acids is 1. The zero-order chi connectivity index (χ0) is 12.8. The summed E-state index contributed by atoms with van der Waals surface area (Å²) >= 11 is 0. The van der Waals surface area contributed by atoms with Gasteiger partial charge in [-0.3, -0.25) is 4.79 Å². The standard InChI is InChI=1S/C11H18N2O4/c1-8(11(15)16)7-12-9(2)10(14)13-3-5-17-6-4-13/h9,12H,1,3-7H2,2H3,(H,15,16). The Bertz CT molecular complexity index is 311. The van der Waals surface area contributed by atoms with Gasteiger partial charge in [-0.15, -0.1) is 0 Å². The molecule has 0 radical (unpaired) electrons. The van der Waals surface area contributed by atoms with Gasteiger partial charge in [0.15, 0.2) is 0 Å². The lowest BCUT2D eigenvalue weighted by atomic mass is 10.2. The maximum atomic E-state index is 11.9. The fourth-order valence-electron chi connectivity index (χ4n) is 1.50. The first-order valence-corrected chi connectivity index (χ1v) is 5.53. The number of carbonyl (C=O) groups is 2. The highest BCUT2D eigenvalue weighted by atomic mass is 16.5. The molecule has 1 aliphatic heterocycles. The van der Waals surface area contributed by atoms with Crippen LogP contribution in [0.2, 0.25) is 0 Å².